The molecule has 1 aromatic heterocycles. The fourth-order valence-corrected chi connectivity index (χ4v) is 2.63. The third kappa shape index (κ3) is 2.57. The molecule has 0 saturated heterocycles. The van der Waals surface area contributed by atoms with Gasteiger partial charge in [-0.15, -0.1) is 0 Å². The molecule has 6 heteroatoms. The lowest BCUT2D eigenvalue weighted by molar-refractivity contribution is -0.115. The monoisotopic (exact) mass is 307 g/mol. The lowest BCUT2D eigenvalue weighted by atomic mass is 10.1. The first-order valence-corrected chi connectivity index (χ1v) is 6.83. The lowest BCUT2D eigenvalue weighted by Crippen LogP contribution is -2.37. The number of nitrogens with one attached hydrogen (secondary N) is 1. The minimum absolute atomic E-state index is 0.0401. The second-order valence-corrected chi connectivity index (χ2v) is 5.31. The summed E-state index contributed by atoms with van der Waals surface area (Å²) in [7, 11) is 0. The summed E-state index contributed by atoms with van der Waals surface area (Å²) < 4.78 is 0. The number of aromatic nitrogens is 1. The van der Waals surface area contributed by atoms with E-state index in [1.807, 2.05) is 29.2 Å². The summed E-state index contributed by atoms with van der Waals surface area (Å²) in [6.45, 7) is 0.795. The summed E-state index contributed by atoms with van der Waals surface area (Å²) >= 11 is 12.0. The number of hydrogen-bond donors (Lipinski definition) is 1. The number of hydrogen-bond acceptors (Lipinski definition) is 3. The number of rotatable bonds is 2. The van der Waals surface area contributed by atoms with Gasteiger partial charge >= 0.3 is 0 Å². The number of para-hydroxylation sites is 2. The summed E-state index contributed by atoms with van der Waals surface area (Å²) in [5, 5.41) is 3.76. The van der Waals surface area contributed by atoms with Gasteiger partial charge in [0.1, 0.15) is 5.15 Å². The normalized spacial score (nSPS) is 13.9. The fraction of sp³-hybridized carbons (Fsp3) is 0.143. The van der Waals surface area contributed by atoms with Crippen molar-refractivity contribution in [2.45, 2.75) is 6.54 Å². The first-order valence-electron chi connectivity index (χ1n) is 6.07. The van der Waals surface area contributed by atoms with Crippen LogP contribution in [-0.2, 0) is 11.3 Å². The van der Waals surface area contributed by atoms with E-state index < -0.39 is 0 Å². The average Bonchev–Trinajstić information content (AvgIpc) is 2.41. The van der Waals surface area contributed by atoms with Crippen LogP contribution in [0.5, 0.6) is 0 Å². The van der Waals surface area contributed by atoms with Crippen LogP contribution in [0, 0.1) is 0 Å². The molecule has 1 aliphatic rings. The van der Waals surface area contributed by atoms with Gasteiger partial charge in [-0.05, 0) is 18.2 Å². The number of pyridine rings is 1. The van der Waals surface area contributed by atoms with Gasteiger partial charge in [0.05, 0.1) is 22.9 Å². The molecule has 2 aromatic rings. The van der Waals surface area contributed by atoms with Crippen molar-refractivity contribution in [2.75, 3.05) is 16.8 Å². The highest BCUT2D eigenvalue weighted by molar-refractivity contribution is 6.34. The number of carbonyl (C=O) groups excluding carboxylic acids is 1. The number of fused-ring (bicyclic) bond motifs is 1. The van der Waals surface area contributed by atoms with Crippen molar-refractivity contribution < 1.29 is 4.79 Å². The maximum Gasteiger partial charge on any atom is 0.243 e. The second kappa shape index (κ2) is 5.31. The summed E-state index contributed by atoms with van der Waals surface area (Å²) in [5.41, 5.74) is 2.61. The van der Waals surface area contributed by atoms with Crippen molar-refractivity contribution >= 4 is 40.5 Å². The molecule has 4 nitrogen and oxygen atoms in total. The Morgan fingerprint density at radius 2 is 2.10 bits per heavy atom. The highest BCUT2D eigenvalue weighted by Gasteiger charge is 2.22. The Morgan fingerprint density at radius 3 is 2.90 bits per heavy atom. The zero-order chi connectivity index (χ0) is 14.1. The van der Waals surface area contributed by atoms with Crippen LogP contribution in [0.4, 0.5) is 11.4 Å². The minimum atomic E-state index is -0.0401. The maximum absolute atomic E-state index is 11.7. The molecular weight excluding hydrogens is 297 g/mol. The highest BCUT2D eigenvalue weighted by atomic mass is 35.5. The Kier molecular flexibility index (Phi) is 3.51. The number of anilines is 2. The van der Waals surface area contributed by atoms with E-state index in [2.05, 4.69) is 10.3 Å². The Labute approximate surface area is 126 Å². The summed E-state index contributed by atoms with van der Waals surface area (Å²) in [5.74, 6) is -0.0401. The van der Waals surface area contributed by atoms with Crippen LogP contribution < -0.4 is 10.2 Å². The van der Waals surface area contributed by atoms with E-state index in [1.165, 1.54) is 0 Å². The van der Waals surface area contributed by atoms with Crippen molar-refractivity contribution in [3.8, 4) is 0 Å². The standard InChI is InChI=1S/C14H11Cl2N3O/c15-10-5-13(16)17-6-9(10)7-19-8-14(20)18-11-3-1-2-4-12(11)19/h1-6H,7-8H2,(H,18,20). The molecule has 0 radical (unpaired) electrons. The molecule has 0 saturated carbocycles. The molecule has 1 amide bonds. The number of carbonyl (C=O) groups is 1. The van der Waals surface area contributed by atoms with Gasteiger partial charge < -0.3 is 10.2 Å². The Bertz CT molecular complexity index is 675. The molecule has 2 heterocycles. The van der Waals surface area contributed by atoms with E-state index in [1.54, 1.807) is 12.3 Å². The maximum atomic E-state index is 11.7. The molecule has 0 bridgehead atoms. The molecule has 20 heavy (non-hydrogen) atoms. The van der Waals surface area contributed by atoms with Gasteiger partial charge in [-0.1, -0.05) is 35.3 Å². The fourth-order valence-electron chi connectivity index (χ4n) is 2.20. The van der Waals surface area contributed by atoms with Gasteiger partial charge in [0, 0.05) is 18.3 Å². The van der Waals surface area contributed by atoms with E-state index >= 15 is 0 Å². The van der Waals surface area contributed by atoms with Crippen molar-refractivity contribution in [2.24, 2.45) is 0 Å². The summed E-state index contributed by atoms with van der Waals surface area (Å²) in [4.78, 5) is 17.7. The Balaban J connectivity index is 1.93. The van der Waals surface area contributed by atoms with Crippen molar-refractivity contribution in [3.05, 3.63) is 52.3 Å². The molecule has 1 N–H and O–H groups in total. The van der Waals surface area contributed by atoms with Crippen LogP contribution in [0.2, 0.25) is 10.2 Å². The average molecular weight is 308 g/mol. The lowest BCUT2D eigenvalue weighted by Gasteiger charge is -2.31. The van der Waals surface area contributed by atoms with Gasteiger partial charge in [0.25, 0.3) is 0 Å². The first-order chi connectivity index (χ1) is 9.63. The van der Waals surface area contributed by atoms with Gasteiger partial charge in [-0.3, -0.25) is 4.79 Å². The van der Waals surface area contributed by atoms with Crippen LogP contribution in [0.25, 0.3) is 0 Å². The molecule has 1 aromatic carbocycles. The third-order valence-electron chi connectivity index (χ3n) is 3.11. The Hall–Kier alpha value is -1.78. The summed E-state index contributed by atoms with van der Waals surface area (Å²) in [6.07, 6.45) is 1.64. The molecule has 0 aliphatic carbocycles. The molecule has 0 fully saturated rings. The van der Waals surface area contributed by atoms with E-state index in [0.29, 0.717) is 16.7 Å². The zero-order valence-electron chi connectivity index (χ0n) is 10.4. The van der Waals surface area contributed by atoms with Crippen molar-refractivity contribution in [1.29, 1.82) is 0 Å². The van der Waals surface area contributed by atoms with Gasteiger partial charge in [0.15, 0.2) is 0 Å². The summed E-state index contributed by atoms with van der Waals surface area (Å²) in [6, 6.07) is 9.27. The molecule has 0 spiro atoms. The number of nitrogens with zero attached hydrogens (tertiary/aromatic N) is 2. The van der Waals surface area contributed by atoms with Crippen LogP contribution in [-0.4, -0.2) is 17.4 Å². The van der Waals surface area contributed by atoms with Crippen LogP contribution in [0.15, 0.2) is 36.5 Å². The quantitative estimate of drug-likeness (QED) is 0.865. The molecule has 3 rings (SSSR count). The predicted octanol–water partition coefficient (Wildman–Crippen LogP) is 3.35. The number of amides is 1. The molecule has 0 unspecified atom stereocenters. The SMILES string of the molecule is O=C1CN(Cc2cnc(Cl)cc2Cl)c2ccccc2N1. The third-order valence-corrected chi connectivity index (χ3v) is 3.67. The first kappa shape index (κ1) is 13.2. The van der Waals surface area contributed by atoms with Crippen LogP contribution in [0.1, 0.15) is 5.56 Å². The zero-order valence-corrected chi connectivity index (χ0v) is 11.9. The predicted molar refractivity (Wildman–Crippen MR) is 80.4 cm³/mol. The largest absolute Gasteiger partial charge is 0.356 e. The van der Waals surface area contributed by atoms with Crippen LogP contribution in [0.3, 0.4) is 0 Å². The molecule has 0 atom stereocenters. The number of benzene rings is 1. The van der Waals surface area contributed by atoms with Gasteiger partial charge in [0.2, 0.25) is 5.91 Å². The topological polar surface area (TPSA) is 45.2 Å². The van der Waals surface area contributed by atoms with Crippen molar-refractivity contribution in [3.63, 3.8) is 0 Å². The molecule has 1 aliphatic heterocycles. The molecular formula is C14H11Cl2N3O. The Morgan fingerprint density at radius 1 is 1.30 bits per heavy atom. The van der Waals surface area contributed by atoms with Gasteiger partial charge in [-0.25, -0.2) is 4.98 Å². The van der Waals surface area contributed by atoms with Gasteiger partial charge in [-0.2, -0.15) is 0 Å². The van der Waals surface area contributed by atoms with Crippen LogP contribution >= 0.6 is 23.2 Å². The van der Waals surface area contributed by atoms with E-state index in [0.717, 1.165) is 16.9 Å². The highest BCUT2D eigenvalue weighted by Crippen LogP contribution is 2.31. The van der Waals surface area contributed by atoms with E-state index in [4.69, 9.17) is 23.2 Å². The minimum Gasteiger partial charge on any atom is -0.356 e. The van der Waals surface area contributed by atoms with E-state index in [-0.39, 0.29) is 12.5 Å². The molecule has 102 valence electrons. The smallest absolute Gasteiger partial charge is 0.243 e. The van der Waals surface area contributed by atoms with E-state index in [9.17, 15) is 4.79 Å². The van der Waals surface area contributed by atoms with Crippen molar-refractivity contribution in [1.82, 2.24) is 4.98 Å². The second-order valence-electron chi connectivity index (χ2n) is 4.52. The number of halogens is 2.